The van der Waals surface area contributed by atoms with E-state index in [4.69, 9.17) is 0 Å². The third-order valence-electron chi connectivity index (χ3n) is 5.31. The number of hydrogen-bond acceptors (Lipinski definition) is 6. The van der Waals surface area contributed by atoms with Crippen LogP contribution in [0.5, 0.6) is 0 Å². The molecule has 0 fully saturated rings. The Morgan fingerprint density at radius 1 is 1.00 bits per heavy atom. The molecule has 12 heteroatoms. The average molecular weight is 533 g/mol. The average Bonchev–Trinajstić information content (AvgIpc) is 2.86. The van der Waals surface area contributed by atoms with Gasteiger partial charge in [-0.25, -0.2) is 21.9 Å². The number of hydrogen-bond donors (Lipinski definition) is 3. The van der Waals surface area contributed by atoms with E-state index in [1.165, 1.54) is 12.3 Å². The summed E-state index contributed by atoms with van der Waals surface area (Å²) in [5, 5.41) is 5.33. The van der Waals surface area contributed by atoms with Crippen LogP contribution in [0.1, 0.15) is 30.6 Å². The third-order valence-corrected chi connectivity index (χ3v) is 6.74. The predicted octanol–water partition coefficient (Wildman–Crippen LogP) is 2.32. The number of amides is 2. The van der Waals surface area contributed by atoms with E-state index >= 15 is 0 Å². The minimum atomic E-state index is -4.08. The summed E-state index contributed by atoms with van der Waals surface area (Å²) >= 11 is 0. The molecule has 0 spiro atoms. The van der Waals surface area contributed by atoms with Gasteiger partial charge in [-0.3, -0.25) is 19.4 Å². The molecule has 3 aromatic rings. The molecule has 0 unspecified atom stereocenters. The normalized spacial score (nSPS) is 12.4. The van der Waals surface area contributed by atoms with Gasteiger partial charge < -0.3 is 10.6 Å². The van der Waals surface area contributed by atoms with Crippen LogP contribution < -0.4 is 15.4 Å². The molecule has 2 aromatic carbocycles. The topological polar surface area (TPSA) is 134 Å². The van der Waals surface area contributed by atoms with Crippen molar-refractivity contribution < 1.29 is 31.6 Å². The molecule has 0 aliphatic heterocycles. The van der Waals surface area contributed by atoms with Crippen molar-refractivity contribution in [2.45, 2.75) is 31.2 Å². The number of nitrogens with one attached hydrogen (secondary N) is 3. The van der Waals surface area contributed by atoms with Gasteiger partial charge in [0.25, 0.3) is 5.91 Å². The molecule has 3 rings (SSSR count). The maximum absolute atomic E-state index is 13.9. The van der Waals surface area contributed by atoms with Gasteiger partial charge in [0, 0.05) is 11.6 Å². The number of ketones is 1. The number of carbonyl (C=O) groups is 3. The zero-order valence-corrected chi connectivity index (χ0v) is 20.9. The van der Waals surface area contributed by atoms with Crippen LogP contribution in [0.3, 0.4) is 0 Å². The molecular weight excluding hydrogens is 506 g/mol. The van der Waals surface area contributed by atoms with E-state index in [9.17, 15) is 31.6 Å². The molecule has 196 valence electrons. The molecule has 3 N–H and O–H groups in total. The van der Waals surface area contributed by atoms with E-state index < -0.39 is 64.0 Å². The highest BCUT2D eigenvalue weighted by molar-refractivity contribution is 7.89. The highest BCUT2D eigenvalue weighted by Gasteiger charge is 2.25. The molecule has 0 aliphatic carbocycles. The SMILES string of the molecule is CC(C)C[C@H](NC(=O)c1cc(F)ccc1F)C(=O)NCC(=O)CNS(=O)(=O)c1cccc2cccnc12. The summed E-state index contributed by atoms with van der Waals surface area (Å²) in [6.07, 6.45) is 1.61. The molecule has 1 heterocycles. The van der Waals surface area contributed by atoms with Crippen molar-refractivity contribution in [3.63, 3.8) is 0 Å². The van der Waals surface area contributed by atoms with E-state index in [1.807, 2.05) is 0 Å². The molecular formula is C25H26F2N4O5S. The van der Waals surface area contributed by atoms with Crippen LogP contribution >= 0.6 is 0 Å². The fourth-order valence-electron chi connectivity index (χ4n) is 3.53. The minimum Gasteiger partial charge on any atom is -0.347 e. The summed E-state index contributed by atoms with van der Waals surface area (Å²) in [4.78, 5) is 41.5. The molecule has 0 radical (unpaired) electrons. The summed E-state index contributed by atoms with van der Waals surface area (Å²) in [6, 6.07) is 9.24. The van der Waals surface area contributed by atoms with Gasteiger partial charge in [-0.15, -0.1) is 0 Å². The third kappa shape index (κ3) is 7.37. The highest BCUT2D eigenvalue weighted by atomic mass is 32.2. The number of aromatic nitrogens is 1. The number of sulfonamides is 1. The number of rotatable bonds is 11. The Morgan fingerprint density at radius 2 is 1.73 bits per heavy atom. The van der Waals surface area contributed by atoms with Crippen LogP contribution in [-0.4, -0.2) is 50.1 Å². The second kappa shape index (κ2) is 12.0. The first kappa shape index (κ1) is 27.8. The van der Waals surface area contributed by atoms with Crippen molar-refractivity contribution in [1.82, 2.24) is 20.3 Å². The first-order valence-corrected chi connectivity index (χ1v) is 12.8. The Balaban J connectivity index is 1.60. The highest BCUT2D eigenvalue weighted by Crippen LogP contribution is 2.20. The van der Waals surface area contributed by atoms with E-state index in [2.05, 4.69) is 20.3 Å². The van der Waals surface area contributed by atoms with Crippen LogP contribution in [0, 0.1) is 17.6 Å². The van der Waals surface area contributed by atoms with Crippen molar-refractivity contribution in [1.29, 1.82) is 0 Å². The lowest BCUT2D eigenvalue weighted by atomic mass is 10.0. The lowest BCUT2D eigenvalue weighted by Crippen LogP contribution is -2.49. The fourth-order valence-corrected chi connectivity index (χ4v) is 4.72. The Kier molecular flexibility index (Phi) is 9.00. The summed E-state index contributed by atoms with van der Waals surface area (Å²) in [6.45, 7) is 2.46. The van der Waals surface area contributed by atoms with Crippen molar-refractivity contribution in [2.24, 2.45) is 5.92 Å². The number of fused-ring (bicyclic) bond motifs is 1. The van der Waals surface area contributed by atoms with E-state index in [-0.39, 0.29) is 22.8 Å². The van der Waals surface area contributed by atoms with Crippen LogP contribution in [-0.2, 0) is 19.6 Å². The van der Waals surface area contributed by atoms with Gasteiger partial charge in [-0.1, -0.05) is 32.0 Å². The molecule has 9 nitrogen and oxygen atoms in total. The molecule has 2 amide bonds. The molecule has 0 bridgehead atoms. The Morgan fingerprint density at radius 3 is 2.46 bits per heavy atom. The van der Waals surface area contributed by atoms with Crippen molar-refractivity contribution >= 4 is 38.5 Å². The van der Waals surface area contributed by atoms with Crippen molar-refractivity contribution in [2.75, 3.05) is 13.1 Å². The standard InChI is InChI=1S/C25H26F2N4O5S/c1-15(2)11-21(31-24(33)19-12-17(26)8-9-20(19)27)25(34)29-13-18(32)14-30-37(35,36)22-7-3-5-16-6-4-10-28-23(16)22/h3-10,12,15,21,30H,11,13-14H2,1-2H3,(H,29,34)(H,31,33)/t21-/m0/s1. The van der Waals surface area contributed by atoms with Gasteiger partial charge in [0.1, 0.15) is 22.6 Å². The zero-order valence-electron chi connectivity index (χ0n) is 20.1. The maximum Gasteiger partial charge on any atom is 0.255 e. The minimum absolute atomic E-state index is 0.0646. The molecule has 1 atom stereocenters. The number of Topliss-reactive ketones (excluding diaryl/α,β-unsaturated/α-hetero) is 1. The van der Waals surface area contributed by atoms with Crippen molar-refractivity contribution in [3.05, 3.63) is 71.9 Å². The molecule has 0 saturated heterocycles. The van der Waals surface area contributed by atoms with Gasteiger partial charge in [0.15, 0.2) is 5.78 Å². The summed E-state index contributed by atoms with van der Waals surface area (Å²) in [7, 11) is -4.08. The number of nitrogens with zero attached hydrogens (tertiary/aromatic N) is 1. The Hall–Kier alpha value is -3.77. The van der Waals surface area contributed by atoms with Crippen molar-refractivity contribution in [3.8, 4) is 0 Å². The predicted molar refractivity (Wildman–Crippen MR) is 132 cm³/mol. The second-order valence-corrected chi connectivity index (χ2v) is 10.4. The molecule has 37 heavy (non-hydrogen) atoms. The Labute approximate surface area is 212 Å². The maximum atomic E-state index is 13.9. The summed E-state index contributed by atoms with van der Waals surface area (Å²) in [5.74, 6) is -4.19. The first-order valence-electron chi connectivity index (χ1n) is 11.4. The second-order valence-electron chi connectivity index (χ2n) is 8.69. The lowest BCUT2D eigenvalue weighted by molar-refractivity contribution is -0.126. The van der Waals surface area contributed by atoms with E-state index in [1.54, 1.807) is 38.1 Å². The molecule has 0 aliphatic rings. The smallest absolute Gasteiger partial charge is 0.255 e. The van der Waals surface area contributed by atoms with Crippen LogP contribution in [0.4, 0.5) is 8.78 Å². The summed E-state index contributed by atoms with van der Waals surface area (Å²) < 4.78 is 55.1. The van der Waals surface area contributed by atoms with Gasteiger partial charge in [0.05, 0.1) is 24.2 Å². The fraction of sp³-hybridized carbons (Fsp3) is 0.280. The van der Waals surface area contributed by atoms with Gasteiger partial charge in [-0.05, 0) is 42.7 Å². The molecule has 0 saturated carbocycles. The summed E-state index contributed by atoms with van der Waals surface area (Å²) in [5.41, 5.74) is -0.310. The van der Waals surface area contributed by atoms with Gasteiger partial charge in [0.2, 0.25) is 15.9 Å². The van der Waals surface area contributed by atoms with Gasteiger partial charge in [-0.2, -0.15) is 0 Å². The number of carbonyl (C=O) groups excluding carboxylic acids is 3. The first-order chi connectivity index (χ1) is 17.5. The number of pyridine rings is 1. The number of para-hydroxylation sites is 1. The van der Waals surface area contributed by atoms with Crippen LogP contribution in [0.25, 0.3) is 10.9 Å². The molecule has 1 aromatic heterocycles. The Bertz CT molecular complexity index is 1420. The number of benzene rings is 2. The van der Waals surface area contributed by atoms with E-state index in [0.29, 0.717) is 5.39 Å². The van der Waals surface area contributed by atoms with Gasteiger partial charge >= 0.3 is 0 Å². The largest absolute Gasteiger partial charge is 0.347 e. The monoisotopic (exact) mass is 532 g/mol. The lowest BCUT2D eigenvalue weighted by Gasteiger charge is -2.20. The number of halogens is 2. The quantitative estimate of drug-likeness (QED) is 0.347. The van der Waals surface area contributed by atoms with Crippen LogP contribution in [0.2, 0.25) is 0 Å². The zero-order chi connectivity index (χ0) is 27.2. The van der Waals surface area contributed by atoms with E-state index in [0.717, 1.165) is 18.2 Å². The van der Waals surface area contributed by atoms with Crippen LogP contribution in [0.15, 0.2) is 59.6 Å².